The van der Waals surface area contributed by atoms with Crippen molar-refractivity contribution in [3.05, 3.63) is 90.0 Å². The quantitative estimate of drug-likeness (QED) is 0.544. The molecular weight excluding hydrogens is 442 g/mol. The molecule has 9 heteroatoms. The van der Waals surface area contributed by atoms with Gasteiger partial charge in [0.1, 0.15) is 6.04 Å². The summed E-state index contributed by atoms with van der Waals surface area (Å²) in [5.74, 6) is -1.12. The van der Waals surface area contributed by atoms with Gasteiger partial charge in [-0.3, -0.25) is 19.3 Å². The number of nitrogens with two attached hydrogens (primary N) is 1. The summed E-state index contributed by atoms with van der Waals surface area (Å²) in [6.45, 7) is 0. The number of benzene rings is 3. The van der Waals surface area contributed by atoms with Gasteiger partial charge in [0.15, 0.2) is 5.78 Å². The fraction of sp³-hybridized carbons (Fsp3) is 0.125. The van der Waals surface area contributed by atoms with Crippen molar-refractivity contribution >= 4 is 39.0 Å². The Bertz CT molecular complexity index is 1320. The number of Topliss-reactive ketones (excluding diaryl/α,β-unsaturated/α-hetero) is 1. The van der Waals surface area contributed by atoms with Gasteiger partial charge in [-0.1, -0.05) is 60.7 Å². The molecule has 0 spiro atoms. The molecule has 8 nitrogen and oxygen atoms in total. The Balaban J connectivity index is 1.70. The number of primary sulfonamides is 1. The van der Waals surface area contributed by atoms with Gasteiger partial charge in [-0.25, -0.2) is 13.6 Å². The molecule has 168 valence electrons. The number of nitrogens with one attached hydrogen (secondary N) is 1. The van der Waals surface area contributed by atoms with Crippen LogP contribution in [0, 0.1) is 0 Å². The molecule has 1 atom stereocenters. The van der Waals surface area contributed by atoms with E-state index in [0.29, 0.717) is 16.8 Å². The van der Waals surface area contributed by atoms with Crippen LogP contribution in [0.15, 0.2) is 83.8 Å². The van der Waals surface area contributed by atoms with Gasteiger partial charge < -0.3 is 5.32 Å². The van der Waals surface area contributed by atoms with Crippen molar-refractivity contribution in [3.8, 4) is 0 Å². The van der Waals surface area contributed by atoms with Crippen LogP contribution in [0.1, 0.15) is 34.8 Å². The van der Waals surface area contributed by atoms with Crippen LogP contribution < -0.4 is 15.4 Å². The lowest BCUT2D eigenvalue weighted by atomic mass is 9.98. The molecule has 3 aromatic carbocycles. The van der Waals surface area contributed by atoms with Gasteiger partial charge in [0.05, 0.1) is 16.3 Å². The molecule has 0 aromatic heterocycles. The second kappa shape index (κ2) is 8.97. The number of nitrogens with zero attached hydrogens (tertiary/aromatic N) is 1. The highest BCUT2D eigenvalue weighted by Crippen LogP contribution is 2.40. The summed E-state index contributed by atoms with van der Waals surface area (Å²) in [4.78, 5) is 40.0. The first-order chi connectivity index (χ1) is 15.8. The van der Waals surface area contributed by atoms with Crippen molar-refractivity contribution in [3.63, 3.8) is 0 Å². The summed E-state index contributed by atoms with van der Waals surface area (Å²) in [5.41, 5.74) is 1.56. The Morgan fingerprint density at radius 1 is 0.909 bits per heavy atom. The number of carbonyl (C=O) groups excluding carboxylic acids is 3. The smallest absolute Gasteiger partial charge is 0.252 e. The maximum absolute atomic E-state index is 13.4. The van der Waals surface area contributed by atoms with Crippen LogP contribution in [0.4, 0.5) is 11.4 Å². The van der Waals surface area contributed by atoms with E-state index in [0.717, 1.165) is 0 Å². The minimum atomic E-state index is -4.01. The van der Waals surface area contributed by atoms with Crippen LogP contribution in [0.25, 0.3) is 0 Å². The molecule has 0 saturated heterocycles. The van der Waals surface area contributed by atoms with E-state index in [1.165, 1.54) is 23.1 Å². The molecule has 0 aliphatic carbocycles. The first-order valence-electron chi connectivity index (χ1n) is 10.2. The molecule has 3 aromatic rings. The van der Waals surface area contributed by atoms with Crippen LogP contribution in [0.3, 0.4) is 0 Å². The number of ketones is 1. The predicted octanol–water partition coefficient (Wildman–Crippen LogP) is 3.02. The van der Waals surface area contributed by atoms with Gasteiger partial charge in [-0.05, 0) is 23.8 Å². The lowest BCUT2D eigenvalue weighted by Gasteiger charge is -2.37. The minimum absolute atomic E-state index is 0.0347. The van der Waals surface area contributed by atoms with Gasteiger partial charge in [0, 0.05) is 18.4 Å². The zero-order valence-corrected chi connectivity index (χ0v) is 18.3. The minimum Gasteiger partial charge on any atom is -0.322 e. The molecule has 0 fully saturated rings. The van der Waals surface area contributed by atoms with Crippen LogP contribution in [-0.2, 0) is 19.6 Å². The fourth-order valence-corrected chi connectivity index (χ4v) is 4.32. The molecule has 1 aliphatic rings. The number of carbonyl (C=O) groups is 3. The summed E-state index contributed by atoms with van der Waals surface area (Å²) in [6, 6.07) is 20.4. The van der Waals surface area contributed by atoms with Crippen LogP contribution in [0.2, 0.25) is 0 Å². The van der Waals surface area contributed by atoms with E-state index in [-0.39, 0.29) is 29.2 Å². The van der Waals surface area contributed by atoms with E-state index in [1.807, 2.05) is 0 Å². The Kier molecular flexibility index (Phi) is 6.08. The van der Waals surface area contributed by atoms with E-state index >= 15 is 0 Å². The number of fused-ring (bicyclic) bond motifs is 1. The molecular formula is C24H21N3O5S. The van der Waals surface area contributed by atoms with Crippen molar-refractivity contribution in [2.45, 2.75) is 23.8 Å². The number of amides is 2. The second-order valence-corrected chi connectivity index (χ2v) is 9.14. The van der Waals surface area contributed by atoms with Crippen molar-refractivity contribution in [2.75, 3.05) is 10.2 Å². The third-order valence-electron chi connectivity index (χ3n) is 5.37. The van der Waals surface area contributed by atoms with E-state index in [2.05, 4.69) is 5.32 Å². The zero-order chi connectivity index (χ0) is 23.6. The zero-order valence-electron chi connectivity index (χ0n) is 17.5. The number of rotatable bonds is 6. The van der Waals surface area contributed by atoms with Gasteiger partial charge in [0.25, 0.3) is 5.91 Å². The largest absolute Gasteiger partial charge is 0.322 e. The highest BCUT2D eigenvalue weighted by Gasteiger charge is 2.38. The molecule has 2 amide bonds. The number of sulfonamides is 1. The lowest BCUT2D eigenvalue weighted by Crippen LogP contribution is -2.45. The lowest BCUT2D eigenvalue weighted by molar-refractivity contribution is -0.124. The van der Waals surface area contributed by atoms with E-state index in [9.17, 15) is 22.8 Å². The van der Waals surface area contributed by atoms with Crippen molar-refractivity contribution in [1.29, 1.82) is 0 Å². The molecule has 4 rings (SSSR count). The normalized spacial score (nSPS) is 15.5. The van der Waals surface area contributed by atoms with E-state index in [1.54, 1.807) is 60.7 Å². The Morgan fingerprint density at radius 2 is 1.55 bits per heavy atom. The summed E-state index contributed by atoms with van der Waals surface area (Å²) < 4.78 is 23.5. The number of anilines is 2. The highest BCUT2D eigenvalue weighted by atomic mass is 32.2. The molecule has 33 heavy (non-hydrogen) atoms. The average Bonchev–Trinajstić information content (AvgIpc) is 2.81. The molecule has 1 aliphatic heterocycles. The maximum atomic E-state index is 13.4. The summed E-state index contributed by atoms with van der Waals surface area (Å²) in [5, 5.41) is 7.89. The summed E-state index contributed by atoms with van der Waals surface area (Å²) in [7, 11) is -4.01. The third kappa shape index (κ3) is 4.69. The topological polar surface area (TPSA) is 127 Å². The standard InChI is InChI=1S/C24H21N3O5S/c25-33(31,32)18-11-12-20-19(15-18)26-24(30)23(17-9-5-2-6-10-17)27(20)22(29)14-13-21(28)16-7-3-1-4-8-16/h1-12,15,23H,13-14H2,(H,26,30)(H2,25,31,32). The maximum Gasteiger partial charge on any atom is 0.252 e. The van der Waals surface area contributed by atoms with Gasteiger partial charge in [-0.2, -0.15) is 0 Å². The van der Waals surface area contributed by atoms with Crippen molar-refractivity contribution in [2.24, 2.45) is 5.14 Å². The molecule has 3 N–H and O–H groups in total. The summed E-state index contributed by atoms with van der Waals surface area (Å²) >= 11 is 0. The number of hydrogen-bond acceptors (Lipinski definition) is 5. The molecule has 0 saturated carbocycles. The predicted molar refractivity (Wildman–Crippen MR) is 123 cm³/mol. The molecule has 1 unspecified atom stereocenters. The monoisotopic (exact) mass is 463 g/mol. The van der Waals surface area contributed by atoms with Gasteiger partial charge >= 0.3 is 0 Å². The molecule has 0 radical (unpaired) electrons. The Labute approximate surface area is 191 Å². The Morgan fingerprint density at radius 3 is 2.18 bits per heavy atom. The van der Waals surface area contributed by atoms with Gasteiger partial charge in [-0.15, -0.1) is 0 Å². The summed E-state index contributed by atoms with van der Waals surface area (Å²) in [6.07, 6.45) is -0.159. The Hall–Kier alpha value is -3.82. The first kappa shape index (κ1) is 22.4. The SMILES string of the molecule is NS(=O)(=O)c1ccc2c(c1)NC(=O)C(c1ccccc1)N2C(=O)CCC(=O)c1ccccc1. The number of hydrogen-bond donors (Lipinski definition) is 2. The van der Waals surface area contributed by atoms with Crippen LogP contribution >= 0.6 is 0 Å². The van der Waals surface area contributed by atoms with E-state index in [4.69, 9.17) is 5.14 Å². The van der Waals surface area contributed by atoms with E-state index < -0.39 is 27.9 Å². The second-order valence-electron chi connectivity index (χ2n) is 7.58. The highest BCUT2D eigenvalue weighted by molar-refractivity contribution is 7.89. The van der Waals surface area contributed by atoms with Gasteiger partial charge in [0.2, 0.25) is 15.9 Å². The first-order valence-corrected chi connectivity index (χ1v) is 11.7. The van der Waals surface area contributed by atoms with Crippen molar-refractivity contribution in [1.82, 2.24) is 0 Å². The van der Waals surface area contributed by atoms with Crippen LogP contribution in [0.5, 0.6) is 0 Å². The van der Waals surface area contributed by atoms with Crippen molar-refractivity contribution < 1.29 is 22.8 Å². The van der Waals surface area contributed by atoms with Crippen LogP contribution in [-0.4, -0.2) is 26.0 Å². The molecule has 0 bridgehead atoms. The fourth-order valence-electron chi connectivity index (χ4n) is 3.78. The third-order valence-corrected chi connectivity index (χ3v) is 6.28. The molecule has 1 heterocycles. The average molecular weight is 464 g/mol.